The van der Waals surface area contributed by atoms with Gasteiger partial charge in [0.2, 0.25) is 0 Å². The van der Waals surface area contributed by atoms with E-state index in [2.05, 4.69) is 65.2 Å². The van der Waals surface area contributed by atoms with Crippen molar-refractivity contribution in [1.82, 2.24) is 5.32 Å². The van der Waals surface area contributed by atoms with Crippen LogP contribution in [-0.4, -0.2) is 13.1 Å². The molecule has 0 spiro atoms. The highest BCUT2D eigenvalue weighted by Gasteiger charge is 2.19. The summed E-state index contributed by atoms with van der Waals surface area (Å²) in [5.41, 5.74) is 4.26. The molecule has 1 heteroatoms. The van der Waals surface area contributed by atoms with Crippen molar-refractivity contribution in [3.05, 3.63) is 34.9 Å². The van der Waals surface area contributed by atoms with Crippen molar-refractivity contribution in [2.45, 2.75) is 47.1 Å². The second-order valence-electron chi connectivity index (χ2n) is 5.61. The van der Waals surface area contributed by atoms with Gasteiger partial charge >= 0.3 is 0 Å². The number of nitrogens with one attached hydrogen (secondary N) is 1. The van der Waals surface area contributed by atoms with E-state index in [9.17, 15) is 0 Å². The fourth-order valence-corrected chi connectivity index (χ4v) is 2.41. The van der Waals surface area contributed by atoms with Gasteiger partial charge in [-0.05, 0) is 62.8 Å². The molecular formula is C16H27N. The Bertz CT molecular complexity index is 355. The number of hydrogen-bond donors (Lipinski definition) is 1. The van der Waals surface area contributed by atoms with Crippen molar-refractivity contribution in [3.8, 4) is 0 Å². The largest absolute Gasteiger partial charge is 0.317 e. The lowest BCUT2D eigenvalue weighted by atomic mass is 9.83. The third-order valence-electron chi connectivity index (χ3n) is 4.00. The Morgan fingerprint density at radius 2 is 1.71 bits per heavy atom. The molecule has 1 N–H and O–H groups in total. The average Bonchev–Trinajstić information content (AvgIpc) is 2.29. The number of rotatable bonds is 5. The highest BCUT2D eigenvalue weighted by Crippen LogP contribution is 2.22. The molecule has 2 atom stereocenters. The minimum Gasteiger partial charge on any atom is -0.317 e. The van der Waals surface area contributed by atoms with E-state index in [0.717, 1.165) is 0 Å². The summed E-state index contributed by atoms with van der Waals surface area (Å²) >= 11 is 0. The Morgan fingerprint density at radius 3 is 2.18 bits per heavy atom. The quantitative estimate of drug-likeness (QED) is 0.817. The lowest BCUT2D eigenvalue weighted by Crippen LogP contribution is -2.35. The van der Waals surface area contributed by atoms with Gasteiger partial charge < -0.3 is 5.32 Å². The van der Waals surface area contributed by atoms with E-state index < -0.39 is 0 Å². The first-order valence-electron chi connectivity index (χ1n) is 6.69. The first kappa shape index (κ1) is 14.2. The monoisotopic (exact) mass is 233 g/mol. The van der Waals surface area contributed by atoms with Crippen molar-refractivity contribution in [3.63, 3.8) is 0 Å². The lowest BCUT2D eigenvalue weighted by molar-refractivity contribution is 0.300. The molecule has 0 saturated carbocycles. The minimum absolute atomic E-state index is 0.566. The van der Waals surface area contributed by atoms with E-state index in [1.807, 2.05) is 0 Å². The second kappa shape index (κ2) is 6.20. The van der Waals surface area contributed by atoms with Crippen LogP contribution in [0.1, 0.15) is 37.5 Å². The summed E-state index contributed by atoms with van der Waals surface area (Å²) in [6, 6.07) is 7.43. The van der Waals surface area contributed by atoms with E-state index in [1.165, 1.54) is 23.1 Å². The Labute approximate surface area is 107 Å². The Hall–Kier alpha value is -0.820. The first-order chi connectivity index (χ1) is 7.95. The molecule has 17 heavy (non-hydrogen) atoms. The molecular weight excluding hydrogens is 206 g/mol. The molecule has 0 heterocycles. The molecule has 1 aromatic rings. The standard InChI is InChI=1S/C16H27N/c1-11(2)16(14(5)17-6)10-15-8-7-12(3)13(4)9-15/h7-9,11,14,16-17H,10H2,1-6H3. The minimum atomic E-state index is 0.566. The van der Waals surface area contributed by atoms with Gasteiger partial charge in [-0.2, -0.15) is 0 Å². The Morgan fingerprint density at radius 1 is 1.06 bits per heavy atom. The first-order valence-corrected chi connectivity index (χ1v) is 6.69. The Balaban J connectivity index is 2.82. The van der Waals surface area contributed by atoms with Gasteiger partial charge in [0.05, 0.1) is 0 Å². The van der Waals surface area contributed by atoms with Gasteiger partial charge in [0.25, 0.3) is 0 Å². The van der Waals surface area contributed by atoms with Crippen LogP contribution in [0.2, 0.25) is 0 Å². The molecule has 96 valence electrons. The molecule has 2 unspecified atom stereocenters. The predicted octanol–water partition coefficient (Wildman–Crippen LogP) is 3.73. The molecule has 0 bridgehead atoms. The second-order valence-corrected chi connectivity index (χ2v) is 5.61. The summed E-state index contributed by atoms with van der Waals surface area (Å²) in [6.45, 7) is 11.3. The smallest absolute Gasteiger partial charge is 0.00696 e. The number of benzene rings is 1. The zero-order chi connectivity index (χ0) is 13.0. The molecule has 1 rings (SSSR count). The molecule has 0 amide bonds. The zero-order valence-corrected chi connectivity index (χ0v) is 12.2. The third kappa shape index (κ3) is 3.85. The normalized spacial score (nSPS) is 15.0. The molecule has 0 aliphatic carbocycles. The van der Waals surface area contributed by atoms with E-state index in [-0.39, 0.29) is 0 Å². The van der Waals surface area contributed by atoms with Crippen molar-refractivity contribution < 1.29 is 0 Å². The van der Waals surface area contributed by atoms with Crippen LogP contribution in [0, 0.1) is 25.7 Å². The summed E-state index contributed by atoms with van der Waals surface area (Å²) in [6.07, 6.45) is 1.17. The van der Waals surface area contributed by atoms with Crippen LogP contribution in [0.3, 0.4) is 0 Å². The lowest BCUT2D eigenvalue weighted by Gasteiger charge is -2.27. The van der Waals surface area contributed by atoms with Gasteiger partial charge in [0.15, 0.2) is 0 Å². The van der Waals surface area contributed by atoms with E-state index in [4.69, 9.17) is 0 Å². The molecule has 0 aromatic heterocycles. The summed E-state index contributed by atoms with van der Waals surface area (Å²) in [7, 11) is 2.06. The van der Waals surface area contributed by atoms with E-state index >= 15 is 0 Å². The molecule has 1 aromatic carbocycles. The zero-order valence-electron chi connectivity index (χ0n) is 12.2. The topological polar surface area (TPSA) is 12.0 Å². The van der Waals surface area contributed by atoms with Gasteiger partial charge in [-0.1, -0.05) is 32.0 Å². The molecule has 0 aliphatic rings. The summed E-state index contributed by atoms with van der Waals surface area (Å²) in [5, 5.41) is 3.39. The maximum atomic E-state index is 3.39. The van der Waals surface area contributed by atoms with Crippen LogP contribution in [0.4, 0.5) is 0 Å². The van der Waals surface area contributed by atoms with Crippen molar-refractivity contribution in [2.24, 2.45) is 11.8 Å². The van der Waals surface area contributed by atoms with Crippen molar-refractivity contribution in [1.29, 1.82) is 0 Å². The highest BCUT2D eigenvalue weighted by molar-refractivity contribution is 5.30. The van der Waals surface area contributed by atoms with Crippen molar-refractivity contribution >= 4 is 0 Å². The summed E-state index contributed by atoms with van der Waals surface area (Å²) in [5.74, 6) is 1.40. The average molecular weight is 233 g/mol. The van der Waals surface area contributed by atoms with Crippen LogP contribution in [0.25, 0.3) is 0 Å². The number of aryl methyl sites for hydroxylation is 2. The van der Waals surface area contributed by atoms with Gasteiger partial charge in [0, 0.05) is 6.04 Å². The predicted molar refractivity (Wildman–Crippen MR) is 76.5 cm³/mol. The molecule has 0 saturated heterocycles. The molecule has 0 aliphatic heterocycles. The maximum Gasteiger partial charge on any atom is 0.00696 e. The van der Waals surface area contributed by atoms with Crippen molar-refractivity contribution in [2.75, 3.05) is 7.05 Å². The molecule has 1 nitrogen and oxygen atoms in total. The van der Waals surface area contributed by atoms with E-state index in [1.54, 1.807) is 0 Å². The fraction of sp³-hybridized carbons (Fsp3) is 0.625. The van der Waals surface area contributed by atoms with E-state index in [0.29, 0.717) is 17.9 Å². The molecule has 0 fully saturated rings. The van der Waals surface area contributed by atoms with Crippen LogP contribution in [0.15, 0.2) is 18.2 Å². The maximum absolute atomic E-state index is 3.39. The Kier molecular flexibility index (Phi) is 5.20. The SMILES string of the molecule is CNC(C)C(Cc1ccc(C)c(C)c1)C(C)C. The van der Waals surface area contributed by atoms with Crippen LogP contribution in [-0.2, 0) is 6.42 Å². The van der Waals surface area contributed by atoms with Gasteiger partial charge in [-0.15, -0.1) is 0 Å². The van der Waals surface area contributed by atoms with Crippen LogP contribution < -0.4 is 5.32 Å². The summed E-state index contributed by atoms with van der Waals surface area (Å²) < 4.78 is 0. The van der Waals surface area contributed by atoms with Gasteiger partial charge in [-0.3, -0.25) is 0 Å². The van der Waals surface area contributed by atoms with Crippen LogP contribution >= 0.6 is 0 Å². The highest BCUT2D eigenvalue weighted by atomic mass is 14.9. The number of hydrogen-bond acceptors (Lipinski definition) is 1. The van der Waals surface area contributed by atoms with Gasteiger partial charge in [0.1, 0.15) is 0 Å². The van der Waals surface area contributed by atoms with Crippen LogP contribution in [0.5, 0.6) is 0 Å². The van der Waals surface area contributed by atoms with Gasteiger partial charge in [-0.25, -0.2) is 0 Å². The molecule has 0 radical (unpaired) electrons. The fourth-order valence-electron chi connectivity index (χ4n) is 2.41. The summed E-state index contributed by atoms with van der Waals surface area (Å²) in [4.78, 5) is 0. The third-order valence-corrected chi connectivity index (χ3v) is 4.00.